The molecular weight excluding hydrogens is 296 g/mol. The molecule has 0 aromatic heterocycles. The van der Waals surface area contributed by atoms with Gasteiger partial charge in [-0.1, -0.05) is 15.9 Å². The van der Waals surface area contributed by atoms with Gasteiger partial charge in [0.15, 0.2) is 0 Å². The third-order valence-electron chi connectivity index (χ3n) is 1.85. The number of hydrogen-bond donors (Lipinski definition) is 1. The van der Waals surface area contributed by atoms with E-state index in [4.69, 9.17) is 5.14 Å². The summed E-state index contributed by atoms with van der Waals surface area (Å²) in [5.41, 5.74) is 0.267. The van der Waals surface area contributed by atoms with Gasteiger partial charge in [-0.2, -0.15) is 0 Å². The summed E-state index contributed by atoms with van der Waals surface area (Å²) in [5.74, 6) is -0.286. The Balaban J connectivity index is 3.35. The fourth-order valence-electron chi connectivity index (χ4n) is 1.11. The van der Waals surface area contributed by atoms with E-state index in [0.29, 0.717) is 4.47 Å². The van der Waals surface area contributed by atoms with Gasteiger partial charge in [-0.3, -0.25) is 4.79 Å². The van der Waals surface area contributed by atoms with Crippen molar-refractivity contribution in [3.63, 3.8) is 0 Å². The van der Waals surface area contributed by atoms with Gasteiger partial charge in [-0.05, 0) is 18.2 Å². The minimum absolute atomic E-state index is 0.0907. The third-order valence-corrected chi connectivity index (χ3v) is 3.20. The van der Waals surface area contributed by atoms with E-state index in [0.717, 1.165) is 0 Å². The molecule has 0 radical (unpaired) electrons. The van der Waals surface area contributed by atoms with Gasteiger partial charge in [-0.25, -0.2) is 13.6 Å². The van der Waals surface area contributed by atoms with Gasteiger partial charge >= 0.3 is 0 Å². The lowest BCUT2D eigenvalue weighted by atomic mass is 10.2. The molecule has 1 rings (SSSR count). The standard InChI is InChI=1S/C9H11BrN2O3S/c1-12(2)9(13)6-3-7(10)5-8(4-6)16(11,14)15/h3-5H,1-2H3,(H2,11,14,15). The van der Waals surface area contributed by atoms with Gasteiger partial charge in [0.05, 0.1) is 4.90 Å². The number of sulfonamides is 1. The number of nitrogens with two attached hydrogens (primary N) is 1. The molecule has 5 nitrogen and oxygen atoms in total. The quantitative estimate of drug-likeness (QED) is 0.877. The molecule has 0 unspecified atom stereocenters. The van der Waals surface area contributed by atoms with E-state index in [-0.39, 0.29) is 16.4 Å². The first kappa shape index (κ1) is 13.1. The van der Waals surface area contributed by atoms with Gasteiger partial charge in [-0.15, -0.1) is 0 Å². The molecule has 1 amide bonds. The van der Waals surface area contributed by atoms with Crippen LogP contribution in [0.4, 0.5) is 0 Å². The summed E-state index contributed by atoms with van der Waals surface area (Å²) in [6, 6.07) is 4.14. The third kappa shape index (κ3) is 3.03. The molecule has 0 saturated heterocycles. The van der Waals surface area contributed by atoms with Gasteiger partial charge in [0.1, 0.15) is 0 Å². The second kappa shape index (κ2) is 4.52. The zero-order valence-corrected chi connectivity index (χ0v) is 11.2. The van der Waals surface area contributed by atoms with Crippen molar-refractivity contribution in [2.45, 2.75) is 4.90 Å². The van der Waals surface area contributed by atoms with Crippen molar-refractivity contribution in [3.8, 4) is 0 Å². The second-order valence-electron chi connectivity index (χ2n) is 3.42. The zero-order chi connectivity index (χ0) is 12.5. The van der Waals surface area contributed by atoms with Crippen LogP contribution in [0.5, 0.6) is 0 Å². The van der Waals surface area contributed by atoms with Crippen LogP contribution in [0.3, 0.4) is 0 Å². The SMILES string of the molecule is CN(C)C(=O)c1cc(Br)cc(S(N)(=O)=O)c1. The highest BCUT2D eigenvalue weighted by molar-refractivity contribution is 9.10. The molecule has 0 aliphatic rings. The van der Waals surface area contributed by atoms with Crippen molar-refractivity contribution in [3.05, 3.63) is 28.2 Å². The van der Waals surface area contributed by atoms with Crippen LogP contribution in [-0.2, 0) is 10.0 Å². The number of nitrogens with zero attached hydrogens (tertiary/aromatic N) is 1. The highest BCUT2D eigenvalue weighted by atomic mass is 79.9. The zero-order valence-electron chi connectivity index (χ0n) is 8.77. The van der Waals surface area contributed by atoms with Crippen molar-refractivity contribution in [1.29, 1.82) is 0 Å². The molecule has 0 aliphatic heterocycles. The molecule has 0 atom stereocenters. The Labute approximate surface area is 102 Å². The van der Waals surface area contributed by atoms with Crippen molar-refractivity contribution in [2.75, 3.05) is 14.1 Å². The molecule has 0 saturated carbocycles. The molecule has 16 heavy (non-hydrogen) atoms. The summed E-state index contributed by atoms with van der Waals surface area (Å²) in [6.07, 6.45) is 0. The van der Waals surface area contributed by atoms with Gasteiger partial charge in [0.25, 0.3) is 5.91 Å². The van der Waals surface area contributed by atoms with Crippen LogP contribution in [0, 0.1) is 0 Å². The highest BCUT2D eigenvalue weighted by Gasteiger charge is 2.14. The molecule has 0 spiro atoms. The normalized spacial score (nSPS) is 11.2. The number of amides is 1. The summed E-state index contributed by atoms with van der Waals surface area (Å²) in [4.78, 5) is 12.9. The molecule has 1 aromatic rings. The van der Waals surface area contributed by atoms with Crippen molar-refractivity contribution in [1.82, 2.24) is 4.90 Å². The topological polar surface area (TPSA) is 80.5 Å². The first-order valence-corrected chi connectivity index (χ1v) is 6.61. The number of primary sulfonamides is 1. The minimum atomic E-state index is -3.81. The highest BCUT2D eigenvalue weighted by Crippen LogP contribution is 2.19. The van der Waals surface area contributed by atoms with Crippen LogP contribution < -0.4 is 5.14 Å². The van der Waals surface area contributed by atoms with Gasteiger partial charge in [0, 0.05) is 24.1 Å². The number of rotatable bonds is 2. The van der Waals surface area contributed by atoms with E-state index in [1.165, 1.54) is 23.1 Å². The number of halogens is 1. The Morgan fingerprint density at radius 1 is 1.31 bits per heavy atom. The molecule has 1 aromatic carbocycles. The molecule has 7 heteroatoms. The maximum Gasteiger partial charge on any atom is 0.253 e. The first-order chi connectivity index (χ1) is 7.21. The van der Waals surface area contributed by atoms with E-state index in [1.807, 2.05) is 0 Å². The summed E-state index contributed by atoms with van der Waals surface area (Å²) >= 11 is 3.13. The maximum absolute atomic E-state index is 11.6. The van der Waals surface area contributed by atoms with Crippen molar-refractivity contribution in [2.24, 2.45) is 5.14 Å². The number of carbonyl (C=O) groups is 1. The minimum Gasteiger partial charge on any atom is -0.345 e. The van der Waals surface area contributed by atoms with E-state index in [2.05, 4.69) is 15.9 Å². The van der Waals surface area contributed by atoms with Crippen LogP contribution in [0.2, 0.25) is 0 Å². The molecule has 0 heterocycles. The average Bonchev–Trinajstić information content (AvgIpc) is 2.14. The van der Waals surface area contributed by atoms with Crippen LogP contribution in [0.1, 0.15) is 10.4 Å². The Hall–Kier alpha value is -0.920. The summed E-state index contributed by atoms with van der Waals surface area (Å²) in [5, 5.41) is 5.00. The summed E-state index contributed by atoms with van der Waals surface area (Å²) in [6.45, 7) is 0. The lowest BCUT2D eigenvalue weighted by molar-refractivity contribution is 0.0827. The smallest absolute Gasteiger partial charge is 0.253 e. The molecule has 0 fully saturated rings. The Morgan fingerprint density at radius 3 is 2.31 bits per heavy atom. The van der Waals surface area contributed by atoms with E-state index in [9.17, 15) is 13.2 Å². The monoisotopic (exact) mass is 306 g/mol. The molecular formula is C9H11BrN2O3S. The Morgan fingerprint density at radius 2 is 1.88 bits per heavy atom. The van der Waals surface area contributed by atoms with E-state index in [1.54, 1.807) is 14.1 Å². The van der Waals surface area contributed by atoms with Crippen LogP contribution >= 0.6 is 15.9 Å². The first-order valence-electron chi connectivity index (χ1n) is 4.27. The Kier molecular flexibility index (Phi) is 3.72. The predicted molar refractivity (Wildman–Crippen MR) is 63.5 cm³/mol. The number of hydrogen-bond acceptors (Lipinski definition) is 3. The lowest BCUT2D eigenvalue weighted by Crippen LogP contribution is -2.22. The van der Waals surface area contributed by atoms with Crippen LogP contribution in [-0.4, -0.2) is 33.3 Å². The van der Waals surface area contributed by atoms with Crippen molar-refractivity contribution < 1.29 is 13.2 Å². The molecule has 88 valence electrons. The van der Waals surface area contributed by atoms with Crippen LogP contribution in [0.15, 0.2) is 27.6 Å². The largest absolute Gasteiger partial charge is 0.345 e. The summed E-state index contributed by atoms with van der Waals surface area (Å²) in [7, 11) is -0.641. The second-order valence-corrected chi connectivity index (χ2v) is 5.90. The fraction of sp³-hybridized carbons (Fsp3) is 0.222. The maximum atomic E-state index is 11.6. The molecule has 0 bridgehead atoms. The van der Waals surface area contributed by atoms with Gasteiger partial charge in [0.2, 0.25) is 10.0 Å². The Bertz CT molecular complexity index is 526. The average molecular weight is 307 g/mol. The number of benzene rings is 1. The lowest BCUT2D eigenvalue weighted by Gasteiger charge is -2.11. The van der Waals surface area contributed by atoms with Gasteiger partial charge < -0.3 is 4.90 Å². The van der Waals surface area contributed by atoms with Crippen LogP contribution in [0.25, 0.3) is 0 Å². The summed E-state index contributed by atoms with van der Waals surface area (Å²) < 4.78 is 22.8. The van der Waals surface area contributed by atoms with Crippen molar-refractivity contribution >= 4 is 31.9 Å². The van der Waals surface area contributed by atoms with E-state index < -0.39 is 10.0 Å². The molecule has 2 N–H and O–H groups in total. The fourth-order valence-corrected chi connectivity index (χ4v) is 2.34. The predicted octanol–water partition coefficient (Wildman–Crippen LogP) is 0.798. The molecule has 0 aliphatic carbocycles. The van der Waals surface area contributed by atoms with E-state index >= 15 is 0 Å². The number of carbonyl (C=O) groups excluding carboxylic acids is 1.